The number of pyridine rings is 1. The first-order valence-corrected chi connectivity index (χ1v) is 7.48. The van der Waals surface area contributed by atoms with Crippen molar-refractivity contribution in [1.29, 1.82) is 0 Å². The molecule has 1 heterocycles. The number of benzene rings is 1. The quantitative estimate of drug-likeness (QED) is 0.636. The summed E-state index contributed by atoms with van der Waals surface area (Å²) in [5.74, 6) is 6.10. The molecule has 0 aliphatic carbocycles. The molecule has 8 heteroatoms. The number of hydrazine groups is 1. The Balaban J connectivity index is 2.42. The van der Waals surface area contributed by atoms with Crippen LogP contribution >= 0.6 is 0 Å². The topological polar surface area (TPSA) is 97.5 Å². The summed E-state index contributed by atoms with van der Waals surface area (Å²) in [5, 5.41) is 0. The maximum absolute atomic E-state index is 12.6. The lowest BCUT2D eigenvalue weighted by Crippen LogP contribution is -2.26. The van der Waals surface area contributed by atoms with E-state index < -0.39 is 10.0 Å². The van der Waals surface area contributed by atoms with Crippen molar-refractivity contribution in [2.24, 2.45) is 5.84 Å². The van der Waals surface area contributed by atoms with Crippen LogP contribution in [0.15, 0.2) is 47.5 Å². The summed E-state index contributed by atoms with van der Waals surface area (Å²) in [7, 11) is -0.712. The number of hydrogen-bond donors (Lipinski definition) is 2. The van der Waals surface area contributed by atoms with Gasteiger partial charge in [0.1, 0.15) is 11.6 Å². The van der Waals surface area contributed by atoms with E-state index in [1.54, 1.807) is 24.3 Å². The second-order valence-electron chi connectivity index (χ2n) is 4.20. The minimum atomic E-state index is -3.71. The molecular formula is C13H16N4O3S. The molecule has 2 rings (SSSR count). The second-order valence-corrected chi connectivity index (χ2v) is 6.16. The van der Waals surface area contributed by atoms with E-state index in [2.05, 4.69) is 10.4 Å². The molecule has 0 aliphatic rings. The van der Waals surface area contributed by atoms with Crippen molar-refractivity contribution in [1.82, 2.24) is 4.98 Å². The molecule has 0 fully saturated rings. The van der Waals surface area contributed by atoms with Gasteiger partial charge in [-0.15, -0.1) is 0 Å². The highest BCUT2D eigenvalue weighted by Crippen LogP contribution is 2.25. The van der Waals surface area contributed by atoms with Gasteiger partial charge < -0.3 is 10.2 Å². The lowest BCUT2D eigenvalue weighted by atomic mass is 10.3. The fourth-order valence-corrected chi connectivity index (χ4v) is 2.95. The molecule has 2 aromatic rings. The van der Waals surface area contributed by atoms with Crippen LogP contribution < -0.4 is 20.3 Å². The number of nitrogens with two attached hydrogens (primary N) is 1. The van der Waals surface area contributed by atoms with Crippen LogP contribution in [0.3, 0.4) is 0 Å². The minimum absolute atomic E-state index is 0.0933. The number of aromatic nitrogens is 1. The first kappa shape index (κ1) is 15.1. The highest BCUT2D eigenvalue weighted by atomic mass is 32.2. The number of ether oxygens (including phenoxy) is 1. The molecule has 0 amide bonds. The minimum Gasteiger partial charge on any atom is -0.497 e. The Morgan fingerprint density at radius 1 is 1.29 bits per heavy atom. The van der Waals surface area contributed by atoms with Crippen molar-refractivity contribution >= 4 is 21.5 Å². The van der Waals surface area contributed by atoms with Crippen LogP contribution in [0.25, 0.3) is 0 Å². The van der Waals surface area contributed by atoms with Crippen molar-refractivity contribution < 1.29 is 13.2 Å². The van der Waals surface area contributed by atoms with Crippen LogP contribution in [-0.2, 0) is 10.0 Å². The van der Waals surface area contributed by atoms with Crippen molar-refractivity contribution in [2.75, 3.05) is 23.9 Å². The SMILES string of the molecule is COc1cccc(N(C)S(=O)(=O)c2ccnc(NN)c2)c1. The van der Waals surface area contributed by atoms with Gasteiger partial charge in [-0.05, 0) is 18.2 Å². The summed E-state index contributed by atoms with van der Waals surface area (Å²) in [6.07, 6.45) is 1.38. The number of methoxy groups -OCH3 is 1. The van der Waals surface area contributed by atoms with E-state index in [-0.39, 0.29) is 10.7 Å². The Hall–Kier alpha value is -2.32. The molecule has 21 heavy (non-hydrogen) atoms. The number of hydrogen-bond acceptors (Lipinski definition) is 6. The highest BCUT2D eigenvalue weighted by Gasteiger charge is 2.22. The summed E-state index contributed by atoms with van der Waals surface area (Å²) in [6, 6.07) is 9.56. The molecule has 0 atom stereocenters. The first-order valence-electron chi connectivity index (χ1n) is 6.04. The van der Waals surface area contributed by atoms with Gasteiger partial charge in [-0.3, -0.25) is 4.31 Å². The van der Waals surface area contributed by atoms with Gasteiger partial charge in [-0.25, -0.2) is 19.2 Å². The molecule has 3 N–H and O–H groups in total. The predicted molar refractivity (Wildman–Crippen MR) is 80.6 cm³/mol. The molecule has 0 bridgehead atoms. The summed E-state index contributed by atoms with van der Waals surface area (Å²) < 4.78 is 31.5. The highest BCUT2D eigenvalue weighted by molar-refractivity contribution is 7.92. The average Bonchev–Trinajstić information content (AvgIpc) is 2.54. The number of rotatable bonds is 5. The van der Waals surface area contributed by atoms with E-state index in [0.29, 0.717) is 11.4 Å². The number of sulfonamides is 1. The first-order chi connectivity index (χ1) is 9.98. The second kappa shape index (κ2) is 5.98. The van der Waals surface area contributed by atoms with Crippen molar-refractivity contribution in [2.45, 2.75) is 4.90 Å². The zero-order valence-electron chi connectivity index (χ0n) is 11.6. The molecular weight excluding hydrogens is 292 g/mol. The van der Waals surface area contributed by atoms with E-state index in [0.717, 1.165) is 0 Å². The van der Waals surface area contributed by atoms with Crippen LogP contribution in [0.2, 0.25) is 0 Å². The molecule has 7 nitrogen and oxygen atoms in total. The summed E-state index contributed by atoms with van der Waals surface area (Å²) in [5.41, 5.74) is 2.82. The zero-order valence-corrected chi connectivity index (χ0v) is 12.5. The summed E-state index contributed by atoms with van der Waals surface area (Å²) in [4.78, 5) is 3.99. The summed E-state index contributed by atoms with van der Waals surface area (Å²) >= 11 is 0. The average molecular weight is 308 g/mol. The fourth-order valence-electron chi connectivity index (χ4n) is 1.75. The van der Waals surface area contributed by atoms with Gasteiger partial charge in [0.2, 0.25) is 0 Å². The number of nitrogens with one attached hydrogen (secondary N) is 1. The van der Waals surface area contributed by atoms with Gasteiger partial charge in [0.15, 0.2) is 0 Å². The molecule has 0 unspecified atom stereocenters. The van der Waals surface area contributed by atoms with Crippen LogP contribution in [0.1, 0.15) is 0 Å². The maximum atomic E-state index is 12.6. The zero-order chi connectivity index (χ0) is 15.5. The van der Waals surface area contributed by atoms with Crippen molar-refractivity contribution in [3.8, 4) is 5.75 Å². The van der Waals surface area contributed by atoms with Gasteiger partial charge >= 0.3 is 0 Å². The standard InChI is InChI=1S/C13H16N4O3S/c1-17(10-4-3-5-11(8-10)20-2)21(18,19)12-6-7-15-13(9-12)16-14/h3-9H,14H2,1-2H3,(H,15,16). The molecule has 0 saturated carbocycles. The van der Waals surface area contributed by atoms with Crippen molar-refractivity contribution in [3.05, 3.63) is 42.6 Å². The van der Waals surface area contributed by atoms with Gasteiger partial charge in [-0.2, -0.15) is 0 Å². The van der Waals surface area contributed by atoms with E-state index >= 15 is 0 Å². The molecule has 1 aromatic heterocycles. The van der Waals surface area contributed by atoms with Gasteiger partial charge in [0, 0.05) is 25.4 Å². The fraction of sp³-hybridized carbons (Fsp3) is 0.154. The van der Waals surface area contributed by atoms with E-state index in [1.165, 1.54) is 36.8 Å². The summed E-state index contributed by atoms with van der Waals surface area (Å²) in [6.45, 7) is 0. The third-order valence-electron chi connectivity index (χ3n) is 2.95. The van der Waals surface area contributed by atoms with Crippen molar-refractivity contribution in [3.63, 3.8) is 0 Å². The molecule has 112 valence electrons. The molecule has 0 aliphatic heterocycles. The Morgan fingerprint density at radius 3 is 2.71 bits per heavy atom. The lowest BCUT2D eigenvalue weighted by Gasteiger charge is -2.20. The smallest absolute Gasteiger partial charge is 0.264 e. The monoisotopic (exact) mass is 308 g/mol. The number of nitrogens with zero attached hydrogens (tertiary/aromatic N) is 2. The van der Waals surface area contributed by atoms with E-state index in [4.69, 9.17) is 10.6 Å². The van der Waals surface area contributed by atoms with E-state index in [1.807, 2.05) is 0 Å². The molecule has 0 radical (unpaired) electrons. The third-order valence-corrected chi connectivity index (χ3v) is 4.74. The van der Waals surface area contributed by atoms with Gasteiger partial charge in [0.25, 0.3) is 10.0 Å². The van der Waals surface area contributed by atoms with Gasteiger partial charge in [-0.1, -0.05) is 6.07 Å². The third kappa shape index (κ3) is 3.06. The predicted octanol–water partition coefficient (Wildman–Crippen LogP) is 1.20. The van der Waals surface area contributed by atoms with Crippen LogP contribution in [-0.4, -0.2) is 27.6 Å². The Bertz CT molecular complexity index is 734. The molecule has 0 spiro atoms. The Labute approximate surface area is 123 Å². The Kier molecular flexibility index (Phi) is 4.29. The largest absolute Gasteiger partial charge is 0.497 e. The molecule has 0 saturated heterocycles. The van der Waals surface area contributed by atoms with Crippen LogP contribution in [0, 0.1) is 0 Å². The normalized spacial score (nSPS) is 11.0. The van der Waals surface area contributed by atoms with Crippen LogP contribution in [0.4, 0.5) is 11.5 Å². The Morgan fingerprint density at radius 2 is 2.05 bits per heavy atom. The number of nitrogen functional groups attached to an aromatic ring is 1. The molecule has 1 aromatic carbocycles. The van der Waals surface area contributed by atoms with E-state index in [9.17, 15) is 8.42 Å². The van der Waals surface area contributed by atoms with Crippen LogP contribution in [0.5, 0.6) is 5.75 Å². The number of anilines is 2. The van der Waals surface area contributed by atoms with Gasteiger partial charge in [0.05, 0.1) is 17.7 Å². The maximum Gasteiger partial charge on any atom is 0.264 e. The lowest BCUT2D eigenvalue weighted by molar-refractivity contribution is 0.415.